The molecule has 0 aliphatic carbocycles. The summed E-state index contributed by atoms with van der Waals surface area (Å²) < 4.78 is 0. The molecule has 0 unspecified atom stereocenters. The molecule has 88 valence electrons. The zero-order valence-corrected chi connectivity index (χ0v) is 10.2. The minimum atomic E-state index is 0.286. The molecule has 2 rings (SSSR count). The first-order valence-corrected chi connectivity index (χ1v) is 5.96. The van der Waals surface area contributed by atoms with Gasteiger partial charge in [0, 0.05) is 17.8 Å². The number of phenolic OH excluding ortho intramolecular Hbond substituents is 1. The summed E-state index contributed by atoms with van der Waals surface area (Å²) in [6.45, 7) is 4.17. The monoisotopic (exact) mass is 227 g/mol. The minimum Gasteiger partial charge on any atom is -0.507 e. The highest BCUT2D eigenvalue weighted by molar-refractivity contribution is 6.02. The van der Waals surface area contributed by atoms with Crippen LogP contribution in [0, 0.1) is 0 Å². The fourth-order valence-corrected chi connectivity index (χ4v) is 1.73. The molecule has 2 heteroatoms. The molecule has 0 saturated carbocycles. The smallest absolute Gasteiger partial charge is 0.124 e. The Morgan fingerprint density at radius 3 is 2.76 bits per heavy atom. The van der Waals surface area contributed by atoms with Crippen molar-refractivity contribution in [3.8, 4) is 5.75 Å². The van der Waals surface area contributed by atoms with Gasteiger partial charge in [0.1, 0.15) is 5.75 Å². The first-order valence-electron chi connectivity index (χ1n) is 5.96. The first-order chi connectivity index (χ1) is 8.22. The summed E-state index contributed by atoms with van der Waals surface area (Å²) in [7, 11) is 0. The van der Waals surface area contributed by atoms with Crippen LogP contribution in [0.25, 0.3) is 10.8 Å². The molecule has 0 aliphatic rings. The molecule has 0 amide bonds. The lowest BCUT2D eigenvalue weighted by molar-refractivity contribution is 0.475. The molecule has 0 saturated heterocycles. The maximum absolute atomic E-state index is 9.90. The van der Waals surface area contributed by atoms with Crippen LogP contribution in [0.3, 0.4) is 0 Å². The zero-order valence-electron chi connectivity index (χ0n) is 10.2. The van der Waals surface area contributed by atoms with Crippen molar-refractivity contribution in [2.45, 2.75) is 26.3 Å². The SMILES string of the molecule is CC[C@H](C)N=Cc1c(O)ccc2ccccc12. The molecule has 2 aromatic carbocycles. The van der Waals surface area contributed by atoms with Gasteiger partial charge in [-0.25, -0.2) is 0 Å². The lowest BCUT2D eigenvalue weighted by Gasteiger charge is -2.06. The van der Waals surface area contributed by atoms with E-state index in [1.807, 2.05) is 30.3 Å². The minimum absolute atomic E-state index is 0.286. The third kappa shape index (κ3) is 2.47. The van der Waals surface area contributed by atoms with Gasteiger partial charge >= 0.3 is 0 Å². The van der Waals surface area contributed by atoms with E-state index in [4.69, 9.17) is 0 Å². The second-order valence-electron chi connectivity index (χ2n) is 4.25. The van der Waals surface area contributed by atoms with Crippen LogP contribution in [0.4, 0.5) is 0 Å². The summed E-state index contributed by atoms with van der Waals surface area (Å²) in [6, 6.07) is 11.9. The molecule has 1 N–H and O–H groups in total. The van der Waals surface area contributed by atoms with Gasteiger partial charge in [0.2, 0.25) is 0 Å². The summed E-state index contributed by atoms with van der Waals surface area (Å²) in [5.74, 6) is 0.288. The number of fused-ring (bicyclic) bond motifs is 1. The molecule has 2 aromatic rings. The van der Waals surface area contributed by atoms with E-state index >= 15 is 0 Å². The van der Waals surface area contributed by atoms with E-state index in [2.05, 4.69) is 18.8 Å². The Bertz CT molecular complexity index is 546. The lowest BCUT2D eigenvalue weighted by atomic mass is 10.0. The lowest BCUT2D eigenvalue weighted by Crippen LogP contribution is -1.96. The Morgan fingerprint density at radius 1 is 1.24 bits per heavy atom. The van der Waals surface area contributed by atoms with Crippen LogP contribution < -0.4 is 0 Å². The standard InChI is InChI=1S/C15H17NO/c1-3-11(2)16-10-14-13-7-5-4-6-12(13)8-9-15(14)17/h4-11,17H,3H2,1-2H3/t11-/m0/s1. The maximum atomic E-state index is 9.90. The van der Waals surface area contributed by atoms with Crippen LogP contribution in [-0.4, -0.2) is 17.4 Å². The summed E-state index contributed by atoms with van der Waals surface area (Å²) in [5.41, 5.74) is 0.809. The van der Waals surface area contributed by atoms with Crippen LogP contribution in [0.1, 0.15) is 25.8 Å². The van der Waals surface area contributed by atoms with Gasteiger partial charge in [0.15, 0.2) is 0 Å². The molecular weight excluding hydrogens is 210 g/mol. The quantitative estimate of drug-likeness (QED) is 0.795. The number of hydrogen-bond acceptors (Lipinski definition) is 2. The van der Waals surface area contributed by atoms with Crippen molar-refractivity contribution < 1.29 is 5.11 Å². The van der Waals surface area contributed by atoms with E-state index in [-0.39, 0.29) is 11.8 Å². The summed E-state index contributed by atoms with van der Waals surface area (Å²) in [6.07, 6.45) is 2.79. The topological polar surface area (TPSA) is 32.6 Å². The van der Waals surface area contributed by atoms with E-state index < -0.39 is 0 Å². The van der Waals surface area contributed by atoms with Crippen molar-refractivity contribution >= 4 is 17.0 Å². The Kier molecular flexibility index (Phi) is 3.43. The van der Waals surface area contributed by atoms with Gasteiger partial charge in [-0.1, -0.05) is 37.3 Å². The van der Waals surface area contributed by atoms with Crippen LogP contribution in [0.2, 0.25) is 0 Å². The fourth-order valence-electron chi connectivity index (χ4n) is 1.73. The molecule has 17 heavy (non-hydrogen) atoms. The summed E-state index contributed by atoms with van der Waals surface area (Å²) in [5, 5.41) is 12.1. The third-order valence-electron chi connectivity index (χ3n) is 3.00. The predicted octanol–water partition coefficient (Wildman–Crippen LogP) is 3.76. The number of rotatable bonds is 3. The Balaban J connectivity index is 2.51. The summed E-state index contributed by atoms with van der Waals surface area (Å²) >= 11 is 0. The molecule has 0 bridgehead atoms. The number of hydrogen-bond donors (Lipinski definition) is 1. The van der Waals surface area contributed by atoms with E-state index in [0.717, 1.165) is 22.8 Å². The van der Waals surface area contributed by atoms with Crippen molar-refractivity contribution in [3.05, 3.63) is 42.0 Å². The molecule has 0 fully saturated rings. The van der Waals surface area contributed by atoms with Crippen molar-refractivity contribution in [1.29, 1.82) is 0 Å². The van der Waals surface area contributed by atoms with Crippen molar-refractivity contribution in [1.82, 2.24) is 0 Å². The molecular formula is C15H17NO. The van der Waals surface area contributed by atoms with Gasteiger partial charge in [-0.2, -0.15) is 0 Å². The van der Waals surface area contributed by atoms with Gasteiger partial charge in [0.25, 0.3) is 0 Å². The van der Waals surface area contributed by atoms with E-state index in [1.54, 1.807) is 12.3 Å². The number of phenols is 1. The maximum Gasteiger partial charge on any atom is 0.124 e. The number of nitrogens with zero attached hydrogens (tertiary/aromatic N) is 1. The van der Waals surface area contributed by atoms with Crippen LogP contribution in [0.15, 0.2) is 41.4 Å². The van der Waals surface area contributed by atoms with Crippen molar-refractivity contribution in [2.75, 3.05) is 0 Å². The molecule has 1 atom stereocenters. The fraction of sp³-hybridized carbons (Fsp3) is 0.267. The Morgan fingerprint density at radius 2 is 2.00 bits per heavy atom. The van der Waals surface area contributed by atoms with Crippen molar-refractivity contribution in [3.63, 3.8) is 0 Å². The van der Waals surface area contributed by atoms with Gasteiger partial charge in [-0.3, -0.25) is 4.99 Å². The van der Waals surface area contributed by atoms with Crippen LogP contribution in [-0.2, 0) is 0 Å². The van der Waals surface area contributed by atoms with Gasteiger partial charge in [0.05, 0.1) is 0 Å². The second kappa shape index (κ2) is 5.00. The Hall–Kier alpha value is -1.83. The second-order valence-corrected chi connectivity index (χ2v) is 4.25. The average molecular weight is 227 g/mol. The van der Waals surface area contributed by atoms with Gasteiger partial charge < -0.3 is 5.11 Å². The molecule has 0 radical (unpaired) electrons. The first kappa shape index (κ1) is 11.6. The average Bonchev–Trinajstić information content (AvgIpc) is 2.37. The third-order valence-corrected chi connectivity index (χ3v) is 3.00. The predicted molar refractivity (Wildman–Crippen MR) is 73.0 cm³/mol. The highest BCUT2D eigenvalue weighted by Crippen LogP contribution is 2.25. The number of aliphatic imine (C=N–C) groups is 1. The summed E-state index contributed by atoms with van der Waals surface area (Å²) in [4.78, 5) is 4.44. The largest absolute Gasteiger partial charge is 0.507 e. The molecule has 0 spiro atoms. The molecule has 2 nitrogen and oxygen atoms in total. The van der Waals surface area contributed by atoms with Gasteiger partial charge in [-0.05, 0) is 30.2 Å². The molecule has 0 heterocycles. The number of aromatic hydroxyl groups is 1. The Labute approximate surface area is 102 Å². The van der Waals surface area contributed by atoms with E-state index in [0.29, 0.717) is 0 Å². The zero-order chi connectivity index (χ0) is 12.3. The van der Waals surface area contributed by atoms with E-state index in [9.17, 15) is 5.11 Å². The normalized spacial score (nSPS) is 13.3. The van der Waals surface area contributed by atoms with Crippen LogP contribution >= 0.6 is 0 Å². The molecule has 0 aliphatic heterocycles. The highest BCUT2D eigenvalue weighted by Gasteiger charge is 2.04. The molecule has 0 aromatic heterocycles. The number of benzene rings is 2. The van der Waals surface area contributed by atoms with Crippen molar-refractivity contribution in [2.24, 2.45) is 4.99 Å². The van der Waals surface area contributed by atoms with Crippen LogP contribution in [0.5, 0.6) is 5.75 Å². The van der Waals surface area contributed by atoms with E-state index in [1.165, 1.54) is 0 Å². The highest BCUT2D eigenvalue weighted by atomic mass is 16.3. The van der Waals surface area contributed by atoms with Gasteiger partial charge in [-0.15, -0.1) is 0 Å².